The van der Waals surface area contributed by atoms with E-state index in [1.807, 2.05) is 0 Å². The fourth-order valence-electron chi connectivity index (χ4n) is 2.93. The van der Waals surface area contributed by atoms with Gasteiger partial charge in [-0.2, -0.15) is 0 Å². The Morgan fingerprint density at radius 1 is 1.33 bits per heavy atom. The maximum atomic E-state index is 5.61. The first-order valence-corrected chi connectivity index (χ1v) is 6.53. The summed E-state index contributed by atoms with van der Waals surface area (Å²) in [7, 11) is 2.23. The molecule has 2 heteroatoms. The number of hydrogen-bond donors (Lipinski definition) is 1. The van der Waals surface area contributed by atoms with Gasteiger partial charge in [-0.05, 0) is 38.1 Å². The van der Waals surface area contributed by atoms with Crippen LogP contribution in [0.25, 0.3) is 0 Å². The first-order chi connectivity index (χ1) is 7.13. The molecule has 1 fully saturated rings. The second kappa shape index (κ2) is 6.49. The van der Waals surface area contributed by atoms with Crippen LogP contribution in [0.3, 0.4) is 0 Å². The van der Waals surface area contributed by atoms with Crippen LogP contribution in [0.5, 0.6) is 0 Å². The lowest BCUT2D eigenvalue weighted by Gasteiger charge is -2.35. The topological polar surface area (TPSA) is 29.3 Å². The lowest BCUT2D eigenvalue weighted by atomic mass is 9.80. The van der Waals surface area contributed by atoms with Gasteiger partial charge in [0.1, 0.15) is 0 Å². The highest BCUT2D eigenvalue weighted by atomic mass is 15.1. The predicted molar refractivity (Wildman–Crippen MR) is 66.9 cm³/mol. The summed E-state index contributed by atoms with van der Waals surface area (Å²) in [5.41, 5.74) is 5.61. The normalized spacial score (nSPS) is 27.6. The Labute approximate surface area is 95.2 Å². The quantitative estimate of drug-likeness (QED) is 0.758. The van der Waals surface area contributed by atoms with Crippen molar-refractivity contribution in [3.05, 3.63) is 0 Å². The average Bonchev–Trinajstić information content (AvgIpc) is 2.17. The molecule has 0 amide bonds. The van der Waals surface area contributed by atoms with Crippen LogP contribution < -0.4 is 5.73 Å². The maximum absolute atomic E-state index is 5.61. The Bertz CT molecular complexity index is 168. The summed E-state index contributed by atoms with van der Waals surface area (Å²) in [6, 6.07) is 0.797. The Morgan fingerprint density at radius 2 is 2.07 bits per heavy atom. The monoisotopic (exact) mass is 212 g/mol. The minimum absolute atomic E-state index is 0.793. The molecule has 90 valence electrons. The molecule has 1 rings (SSSR count). The minimum atomic E-state index is 0.793. The van der Waals surface area contributed by atoms with E-state index in [0.717, 1.165) is 31.0 Å². The summed E-state index contributed by atoms with van der Waals surface area (Å²) in [4.78, 5) is 2.46. The summed E-state index contributed by atoms with van der Waals surface area (Å²) in [5, 5.41) is 0. The molecule has 2 N–H and O–H groups in total. The van der Waals surface area contributed by atoms with E-state index < -0.39 is 0 Å². The van der Waals surface area contributed by atoms with Crippen molar-refractivity contribution in [1.82, 2.24) is 4.90 Å². The first kappa shape index (κ1) is 13.0. The molecule has 0 heterocycles. The van der Waals surface area contributed by atoms with E-state index in [1.165, 1.54) is 32.1 Å². The number of hydrogen-bond acceptors (Lipinski definition) is 2. The molecule has 2 atom stereocenters. The van der Waals surface area contributed by atoms with Gasteiger partial charge in [0.2, 0.25) is 0 Å². The Kier molecular flexibility index (Phi) is 5.62. The third-order valence-corrected chi connectivity index (χ3v) is 3.67. The largest absolute Gasteiger partial charge is 0.329 e. The second-order valence-corrected chi connectivity index (χ2v) is 5.59. The number of nitrogens with zero attached hydrogens (tertiary/aromatic N) is 1. The molecule has 0 saturated heterocycles. The molecule has 0 aliphatic heterocycles. The Hall–Kier alpha value is -0.0800. The molecule has 0 spiro atoms. The van der Waals surface area contributed by atoms with Crippen molar-refractivity contribution in [2.45, 2.75) is 52.0 Å². The van der Waals surface area contributed by atoms with Crippen LogP contribution in [-0.4, -0.2) is 31.1 Å². The van der Waals surface area contributed by atoms with E-state index in [9.17, 15) is 0 Å². The summed E-state index contributed by atoms with van der Waals surface area (Å²) in [6.45, 7) is 6.53. The van der Waals surface area contributed by atoms with Crippen LogP contribution in [0.15, 0.2) is 0 Å². The molecule has 1 saturated carbocycles. The molecule has 15 heavy (non-hydrogen) atoms. The van der Waals surface area contributed by atoms with Crippen molar-refractivity contribution in [3.8, 4) is 0 Å². The van der Waals surface area contributed by atoms with E-state index in [4.69, 9.17) is 5.73 Å². The Balaban J connectivity index is 2.34. The molecule has 0 aromatic carbocycles. The van der Waals surface area contributed by atoms with Crippen LogP contribution >= 0.6 is 0 Å². The van der Waals surface area contributed by atoms with Crippen molar-refractivity contribution in [3.63, 3.8) is 0 Å². The van der Waals surface area contributed by atoms with Gasteiger partial charge in [0.05, 0.1) is 0 Å². The van der Waals surface area contributed by atoms with Gasteiger partial charge in [0.15, 0.2) is 0 Å². The molecule has 1 aliphatic carbocycles. The molecule has 2 unspecified atom stereocenters. The van der Waals surface area contributed by atoms with Gasteiger partial charge in [-0.15, -0.1) is 0 Å². The molecule has 0 aromatic rings. The zero-order valence-corrected chi connectivity index (χ0v) is 10.7. The highest BCUT2D eigenvalue weighted by molar-refractivity contribution is 4.79. The van der Waals surface area contributed by atoms with Crippen molar-refractivity contribution < 1.29 is 0 Å². The van der Waals surface area contributed by atoms with Crippen molar-refractivity contribution in [1.29, 1.82) is 0 Å². The highest BCUT2D eigenvalue weighted by Gasteiger charge is 2.24. The molecule has 0 radical (unpaired) electrons. The van der Waals surface area contributed by atoms with Crippen LogP contribution in [0.1, 0.15) is 46.0 Å². The third kappa shape index (κ3) is 4.52. The molecule has 0 bridgehead atoms. The van der Waals surface area contributed by atoms with E-state index in [-0.39, 0.29) is 0 Å². The molecule has 1 aliphatic rings. The highest BCUT2D eigenvalue weighted by Crippen LogP contribution is 2.31. The van der Waals surface area contributed by atoms with Gasteiger partial charge < -0.3 is 10.6 Å². The van der Waals surface area contributed by atoms with E-state index in [1.54, 1.807) is 0 Å². The standard InChI is InChI=1S/C13H28N2/c1-11(2)9-12-5-4-6-13(10-12)15(3)8-7-14/h11-13H,4-10,14H2,1-3H3. The lowest BCUT2D eigenvalue weighted by molar-refractivity contribution is 0.150. The zero-order chi connectivity index (χ0) is 11.3. The summed E-state index contributed by atoms with van der Waals surface area (Å²) >= 11 is 0. The van der Waals surface area contributed by atoms with E-state index in [2.05, 4.69) is 25.8 Å². The fraction of sp³-hybridized carbons (Fsp3) is 1.00. The van der Waals surface area contributed by atoms with E-state index >= 15 is 0 Å². The smallest absolute Gasteiger partial charge is 0.0104 e. The molecule has 0 aromatic heterocycles. The number of nitrogens with two attached hydrogens (primary N) is 1. The minimum Gasteiger partial charge on any atom is -0.329 e. The van der Waals surface area contributed by atoms with Crippen LogP contribution in [0.2, 0.25) is 0 Å². The van der Waals surface area contributed by atoms with Gasteiger partial charge in [-0.3, -0.25) is 0 Å². The van der Waals surface area contributed by atoms with Gasteiger partial charge >= 0.3 is 0 Å². The summed E-state index contributed by atoms with van der Waals surface area (Å²) < 4.78 is 0. The average molecular weight is 212 g/mol. The number of likely N-dealkylation sites (N-methyl/N-ethyl adjacent to an activating group) is 1. The van der Waals surface area contributed by atoms with Crippen LogP contribution in [0, 0.1) is 11.8 Å². The second-order valence-electron chi connectivity index (χ2n) is 5.59. The third-order valence-electron chi connectivity index (χ3n) is 3.67. The van der Waals surface area contributed by atoms with Crippen LogP contribution in [-0.2, 0) is 0 Å². The lowest BCUT2D eigenvalue weighted by Crippen LogP contribution is -2.39. The zero-order valence-electron chi connectivity index (χ0n) is 10.7. The van der Waals surface area contributed by atoms with Crippen molar-refractivity contribution in [2.24, 2.45) is 17.6 Å². The van der Waals surface area contributed by atoms with Gasteiger partial charge in [-0.25, -0.2) is 0 Å². The van der Waals surface area contributed by atoms with Crippen molar-refractivity contribution >= 4 is 0 Å². The number of rotatable bonds is 5. The first-order valence-electron chi connectivity index (χ1n) is 6.53. The van der Waals surface area contributed by atoms with Crippen LogP contribution in [0.4, 0.5) is 0 Å². The van der Waals surface area contributed by atoms with E-state index in [0.29, 0.717) is 0 Å². The maximum Gasteiger partial charge on any atom is 0.0104 e. The summed E-state index contributed by atoms with van der Waals surface area (Å²) in [6.07, 6.45) is 7.05. The fourth-order valence-corrected chi connectivity index (χ4v) is 2.93. The van der Waals surface area contributed by atoms with Gasteiger partial charge in [-0.1, -0.05) is 26.7 Å². The molecular formula is C13H28N2. The van der Waals surface area contributed by atoms with Gasteiger partial charge in [0, 0.05) is 19.1 Å². The van der Waals surface area contributed by atoms with Gasteiger partial charge in [0.25, 0.3) is 0 Å². The Morgan fingerprint density at radius 3 is 2.67 bits per heavy atom. The SMILES string of the molecule is CC(C)CC1CCCC(N(C)CCN)C1. The predicted octanol–water partition coefficient (Wildman–Crippen LogP) is 2.48. The molecular weight excluding hydrogens is 184 g/mol. The van der Waals surface area contributed by atoms with Crippen molar-refractivity contribution in [2.75, 3.05) is 20.1 Å². The summed E-state index contributed by atoms with van der Waals surface area (Å²) in [5.74, 6) is 1.82. The molecule has 2 nitrogen and oxygen atoms in total.